The zero-order chi connectivity index (χ0) is 37.9. The number of allylic oxidation sites excluding steroid dienone is 6. The summed E-state index contributed by atoms with van der Waals surface area (Å²) in [5.74, 6) is 0.612. The number of hydrogen-bond acceptors (Lipinski definition) is 3. The molecule has 11 rings (SSSR count). The Morgan fingerprint density at radius 3 is 2.07 bits per heavy atom. The fourth-order valence-corrected chi connectivity index (χ4v) is 8.58. The Bertz CT molecular complexity index is 3320. The lowest BCUT2D eigenvalue weighted by atomic mass is 10.0. The molecule has 5 heteroatoms. The van der Waals surface area contributed by atoms with E-state index in [4.69, 9.17) is 16.5 Å². The van der Waals surface area contributed by atoms with Crippen molar-refractivity contribution in [2.75, 3.05) is 0 Å². The number of hydrogen-bond donors (Lipinski definition) is 0. The average molecular weight is 730 g/mol. The van der Waals surface area contributed by atoms with E-state index in [2.05, 4.69) is 172 Å². The minimum atomic E-state index is 0.612. The summed E-state index contributed by atoms with van der Waals surface area (Å²) in [6.07, 6.45) is 13.4. The van der Waals surface area contributed by atoms with Crippen LogP contribution in [0, 0.1) is 0 Å². The van der Waals surface area contributed by atoms with Crippen LogP contribution in [0.3, 0.4) is 0 Å². The van der Waals surface area contributed by atoms with E-state index in [-0.39, 0.29) is 0 Å². The van der Waals surface area contributed by atoms with Gasteiger partial charge in [0.15, 0.2) is 0 Å². The first-order chi connectivity index (χ1) is 28.2. The van der Waals surface area contributed by atoms with Crippen molar-refractivity contribution in [1.29, 1.82) is 0 Å². The van der Waals surface area contributed by atoms with E-state index in [9.17, 15) is 0 Å². The van der Waals surface area contributed by atoms with Crippen molar-refractivity contribution in [3.63, 3.8) is 0 Å². The molecule has 0 saturated carbocycles. The molecule has 0 saturated heterocycles. The number of fused-ring (bicyclic) bond motifs is 9. The van der Waals surface area contributed by atoms with E-state index in [1.54, 1.807) is 0 Å². The smallest absolute Gasteiger partial charge is 0.235 e. The fraction of sp³-hybridized carbons (Fsp3) is 0.0192. The zero-order valence-electron chi connectivity index (χ0n) is 31.0. The van der Waals surface area contributed by atoms with Crippen LogP contribution in [-0.4, -0.2) is 24.1 Å². The summed E-state index contributed by atoms with van der Waals surface area (Å²) in [6.45, 7) is 4.70. The second-order valence-corrected chi connectivity index (χ2v) is 14.5. The number of benzene rings is 6. The van der Waals surface area contributed by atoms with Gasteiger partial charge in [0.25, 0.3) is 0 Å². The SMILES string of the molecule is C=C1/C=C\C=C/Cc2c(n(-c3nc(-c4ccc(-c5ccccn5)cc4)c4ccccc4n3)c3ccccc23)C=C1n1c2ccccc2c2c3ccccc3ccc21. The lowest BCUT2D eigenvalue weighted by molar-refractivity contribution is 0.965. The standard InChI is InChI=1S/C52H35N5/c1-34-15-3-2-4-18-40-39-19-8-11-24-45(39)57(49(40)33-48(34)56-46-25-12-9-21-42(46)50-38-17-6-5-16-35(38)30-31-47(50)56)52-54-44-23-10-7-20-41(44)51(55-52)37-28-26-36(27-29-37)43-22-13-14-32-53-43/h2-17,19-33H,1,18H2/b4-2-,15-3-,48-33?. The second kappa shape index (κ2) is 13.3. The molecule has 0 aliphatic heterocycles. The minimum absolute atomic E-state index is 0.612. The molecule has 0 atom stereocenters. The lowest BCUT2D eigenvalue weighted by Crippen LogP contribution is -2.07. The van der Waals surface area contributed by atoms with Gasteiger partial charge >= 0.3 is 0 Å². The van der Waals surface area contributed by atoms with Gasteiger partial charge in [-0.05, 0) is 70.8 Å². The van der Waals surface area contributed by atoms with Gasteiger partial charge in [0.2, 0.25) is 5.95 Å². The molecule has 1 aliphatic carbocycles. The first-order valence-corrected chi connectivity index (χ1v) is 19.3. The molecule has 1 aliphatic rings. The first kappa shape index (κ1) is 32.8. The third-order valence-corrected chi connectivity index (χ3v) is 11.2. The van der Waals surface area contributed by atoms with E-state index in [1.807, 2.05) is 30.5 Å². The van der Waals surface area contributed by atoms with Crippen LogP contribution in [0.4, 0.5) is 0 Å². The molecule has 57 heavy (non-hydrogen) atoms. The van der Waals surface area contributed by atoms with Crippen molar-refractivity contribution in [1.82, 2.24) is 24.1 Å². The van der Waals surface area contributed by atoms with Crippen LogP contribution in [0.2, 0.25) is 0 Å². The summed E-state index contributed by atoms with van der Waals surface area (Å²) in [5.41, 5.74) is 12.2. The third kappa shape index (κ3) is 5.35. The Morgan fingerprint density at radius 2 is 1.25 bits per heavy atom. The number of para-hydroxylation sites is 3. The predicted octanol–water partition coefficient (Wildman–Crippen LogP) is 12.8. The van der Waals surface area contributed by atoms with Crippen molar-refractivity contribution in [3.8, 4) is 28.5 Å². The summed E-state index contributed by atoms with van der Waals surface area (Å²) < 4.78 is 4.63. The molecule has 0 fully saturated rings. The second-order valence-electron chi connectivity index (χ2n) is 14.5. The molecule has 0 spiro atoms. The van der Waals surface area contributed by atoms with Gasteiger partial charge in [-0.15, -0.1) is 0 Å². The highest BCUT2D eigenvalue weighted by Gasteiger charge is 2.23. The summed E-state index contributed by atoms with van der Waals surface area (Å²) in [6, 6.07) is 53.2. The van der Waals surface area contributed by atoms with Crippen molar-refractivity contribution in [2.45, 2.75) is 6.42 Å². The van der Waals surface area contributed by atoms with Gasteiger partial charge in [0.05, 0.1) is 44.8 Å². The molecule has 5 nitrogen and oxygen atoms in total. The van der Waals surface area contributed by atoms with E-state index < -0.39 is 0 Å². The van der Waals surface area contributed by atoms with E-state index in [1.165, 1.54) is 27.1 Å². The van der Waals surface area contributed by atoms with Crippen molar-refractivity contribution in [3.05, 3.63) is 206 Å². The van der Waals surface area contributed by atoms with Gasteiger partial charge in [0.1, 0.15) is 0 Å². The van der Waals surface area contributed by atoms with Gasteiger partial charge in [-0.2, -0.15) is 0 Å². The highest BCUT2D eigenvalue weighted by Crippen LogP contribution is 2.41. The fourth-order valence-electron chi connectivity index (χ4n) is 8.58. The maximum absolute atomic E-state index is 5.46. The Hall–Kier alpha value is -7.63. The molecule has 0 N–H and O–H groups in total. The van der Waals surface area contributed by atoms with E-state index in [0.29, 0.717) is 5.95 Å². The maximum Gasteiger partial charge on any atom is 0.235 e. The molecule has 0 radical (unpaired) electrons. The van der Waals surface area contributed by atoms with Crippen LogP contribution in [0.1, 0.15) is 11.3 Å². The van der Waals surface area contributed by atoms with Gasteiger partial charge in [-0.3, -0.25) is 9.55 Å². The molecule has 10 aromatic rings. The minimum Gasteiger partial charge on any atom is -0.309 e. The Kier molecular flexibility index (Phi) is 7.64. The molecule has 4 heterocycles. The molecular formula is C52H35N5. The Morgan fingerprint density at radius 1 is 0.544 bits per heavy atom. The van der Waals surface area contributed by atoms with Crippen LogP contribution in [0.25, 0.3) is 94.6 Å². The zero-order valence-corrected chi connectivity index (χ0v) is 31.0. The van der Waals surface area contributed by atoms with Gasteiger partial charge in [-0.25, -0.2) is 9.97 Å². The summed E-state index contributed by atoms with van der Waals surface area (Å²) in [5, 5.41) is 7.04. The quantitative estimate of drug-likeness (QED) is 0.181. The molecule has 0 amide bonds. The van der Waals surface area contributed by atoms with Crippen molar-refractivity contribution in [2.24, 2.45) is 0 Å². The van der Waals surface area contributed by atoms with Crippen molar-refractivity contribution < 1.29 is 0 Å². The van der Waals surface area contributed by atoms with E-state index in [0.717, 1.165) is 78.7 Å². The molecule has 6 aromatic carbocycles. The monoisotopic (exact) mass is 729 g/mol. The van der Waals surface area contributed by atoms with Crippen LogP contribution in [-0.2, 0) is 6.42 Å². The van der Waals surface area contributed by atoms with Crippen LogP contribution < -0.4 is 0 Å². The molecule has 268 valence electrons. The lowest BCUT2D eigenvalue weighted by Gasteiger charge is -2.17. The highest BCUT2D eigenvalue weighted by atomic mass is 15.2. The van der Waals surface area contributed by atoms with Crippen molar-refractivity contribution >= 4 is 66.2 Å². The molecule has 0 bridgehead atoms. The molecule has 4 aromatic heterocycles. The van der Waals surface area contributed by atoms with Gasteiger partial charge in [-0.1, -0.05) is 146 Å². The number of nitrogens with zero attached hydrogens (tertiary/aromatic N) is 5. The predicted molar refractivity (Wildman–Crippen MR) is 237 cm³/mol. The normalized spacial score (nSPS) is 14.3. The summed E-state index contributed by atoms with van der Waals surface area (Å²) in [4.78, 5) is 15.3. The molecular weight excluding hydrogens is 695 g/mol. The van der Waals surface area contributed by atoms with Crippen LogP contribution in [0.5, 0.6) is 0 Å². The van der Waals surface area contributed by atoms with E-state index >= 15 is 0 Å². The van der Waals surface area contributed by atoms with Crippen LogP contribution >= 0.6 is 0 Å². The Balaban J connectivity index is 1.20. The number of pyridine rings is 1. The maximum atomic E-state index is 5.46. The van der Waals surface area contributed by atoms with Crippen LogP contribution in [0.15, 0.2) is 194 Å². The summed E-state index contributed by atoms with van der Waals surface area (Å²) >= 11 is 0. The summed E-state index contributed by atoms with van der Waals surface area (Å²) in [7, 11) is 0. The molecule has 0 unspecified atom stereocenters. The van der Waals surface area contributed by atoms with Gasteiger partial charge < -0.3 is 4.57 Å². The topological polar surface area (TPSA) is 48.5 Å². The Labute approximate surface area is 329 Å². The number of aromatic nitrogens is 5. The van der Waals surface area contributed by atoms with Gasteiger partial charge in [0, 0.05) is 38.9 Å². The average Bonchev–Trinajstić information content (AvgIpc) is 3.77. The highest BCUT2D eigenvalue weighted by molar-refractivity contribution is 6.22. The first-order valence-electron chi connectivity index (χ1n) is 19.3. The third-order valence-electron chi connectivity index (χ3n) is 11.2. The largest absolute Gasteiger partial charge is 0.309 e. The number of rotatable bonds is 4.